The van der Waals surface area contributed by atoms with Gasteiger partial charge in [0, 0.05) is 16.6 Å². The Morgan fingerprint density at radius 3 is 2.87 bits per heavy atom. The number of allylic oxidation sites excluding steroid dienone is 1. The molecule has 0 aromatic heterocycles. The van der Waals surface area contributed by atoms with E-state index >= 15 is 0 Å². The number of nitrogens with zero attached hydrogens (tertiary/aromatic N) is 1. The lowest BCUT2D eigenvalue weighted by Gasteiger charge is -2.46. The van der Waals surface area contributed by atoms with Crippen molar-refractivity contribution in [3.8, 4) is 0 Å². The Hall–Kier alpha value is -1.52. The lowest BCUT2D eigenvalue weighted by atomic mass is 9.59. The number of benzene rings is 1. The van der Waals surface area contributed by atoms with Gasteiger partial charge in [-0.1, -0.05) is 49.6 Å². The van der Waals surface area contributed by atoms with E-state index in [-0.39, 0.29) is 29.3 Å². The first-order valence-electron chi connectivity index (χ1n) is 11.7. The van der Waals surface area contributed by atoms with Gasteiger partial charge in [0.25, 0.3) is 0 Å². The average Bonchev–Trinajstić information content (AvgIpc) is 3.01. The molecule has 4 nitrogen and oxygen atoms in total. The number of halogens is 1. The van der Waals surface area contributed by atoms with Gasteiger partial charge in [-0.15, -0.1) is 0 Å². The first kappa shape index (κ1) is 20.4. The summed E-state index contributed by atoms with van der Waals surface area (Å²) in [6.07, 6.45) is 7.42. The van der Waals surface area contributed by atoms with E-state index in [1.807, 2.05) is 18.2 Å². The molecule has 1 N–H and O–H groups in total. The van der Waals surface area contributed by atoms with Crippen molar-refractivity contribution >= 4 is 23.3 Å². The molecule has 2 heterocycles. The number of hydrogen-bond acceptors (Lipinski definition) is 3. The topological polar surface area (TPSA) is 34.0 Å². The van der Waals surface area contributed by atoms with E-state index < -0.39 is 0 Å². The molecule has 2 saturated heterocycles. The van der Waals surface area contributed by atoms with E-state index in [0.717, 1.165) is 44.2 Å². The Labute approximate surface area is 185 Å². The lowest BCUT2D eigenvalue weighted by Crippen LogP contribution is -3.15. The molecule has 2 aliphatic heterocycles. The van der Waals surface area contributed by atoms with E-state index in [0.29, 0.717) is 5.92 Å². The van der Waals surface area contributed by atoms with Crippen molar-refractivity contribution in [2.24, 2.45) is 23.2 Å². The number of rotatable bonds is 3. The van der Waals surface area contributed by atoms with Crippen LogP contribution >= 0.6 is 11.6 Å². The number of hydrogen-bond donors (Lipinski definition) is 1. The SMILES string of the molecule is C[C@H]1CCC[C@]2(C)C[C@H]3OC(=O)[C@H](C[NH+]4CCN(c5cccc(Cl)c5)CC4)[C@H]3C=C12. The van der Waals surface area contributed by atoms with Crippen molar-refractivity contribution in [1.82, 2.24) is 0 Å². The summed E-state index contributed by atoms with van der Waals surface area (Å²) >= 11 is 6.17. The first-order chi connectivity index (χ1) is 14.4. The number of quaternary nitrogens is 1. The first-order valence-corrected chi connectivity index (χ1v) is 12.1. The zero-order valence-corrected chi connectivity index (χ0v) is 19.0. The highest BCUT2D eigenvalue weighted by molar-refractivity contribution is 6.30. The molecule has 30 heavy (non-hydrogen) atoms. The minimum absolute atomic E-state index is 0.0221. The zero-order valence-electron chi connectivity index (χ0n) is 18.2. The predicted octanol–water partition coefficient (Wildman–Crippen LogP) is 3.36. The summed E-state index contributed by atoms with van der Waals surface area (Å²) in [7, 11) is 0. The Bertz CT molecular complexity index is 847. The standard InChI is InChI=1S/C25H33ClN2O2/c1-17-5-4-8-25(2)15-23-20(14-22(17)25)21(24(29)30-23)16-27-9-11-28(12-10-27)19-7-3-6-18(26)13-19/h3,6-7,13-14,17,20-21,23H,4-5,8-12,15-16H2,1-2H3/p+1/t17-,20+,21+,23+,25+/m0/s1. The molecular formula is C25H34ClN2O2+. The predicted molar refractivity (Wildman–Crippen MR) is 120 cm³/mol. The van der Waals surface area contributed by atoms with E-state index in [9.17, 15) is 4.79 Å². The van der Waals surface area contributed by atoms with Crippen LogP contribution in [0.5, 0.6) is 0 Å². The second kappa shape index (κ2) is 7.87. The number of fused-ring (bicyclic) bond motifs is 2. The highest BCUT2D eigenvalue weighted by atomic mass is 35.5. The maximum atomic E-state index is 12.8. The van der Waals surface area contributed by atoms with Crippen LogP contribution in [-0.4, -0.2) is 44.8 Å². The second-order valence-electron chi connectivity index (χ2n) is 10.3. The summed E-state index contributed by atoms with van der Waals surface area (Å²) in [4.78, 5) is 16.8. The Balaban J connectivity index is 1.26. The molecule has 0 spiro atoms. The van der Waals surface area contributed by atoms with Crippen molar-refractivity contribution in [3.05, 3.63) is 40.9 Å². The highest BCUT2D eigenvalue weighted by Gasteiger charge is 2.52. The van der Waals surface area contributed by atoms with Gasteiger partial charge < -0.3 is 14.5 Å². The van der Waals surface area contributed by atoms with Crippen LogP contribution < -0.4 is 9.80 Å². The summed E-state index contributed by atoms with van der Waals surface area (Å²) in [5.74, 6) is 0.990. The van der Waals surface area contributed by atoms with Gasteiger partial charge in [0.05, 0.1) is 32.7 Å². The fraction of sp³-hybridized carbons (Fsp3) is 0.640. The molecule has 162 valence electrons. The van der Waals surface area contributed by atoms with Crippen LogP contribution in [0.4, 0.5) is 5.69 Å². The highest BCUT2D eigenvalue weighted by Crippen LogP contribution is 2.53. The largest absolute Gasteiger partial charge is 0.461 e. The summed E-state index contributed by atoms with van der Waals surface area (Å²) < 4.78 is 5.95. The quantitative estimate of drug-likeness (QED) is 0.591. The Morgan fingerprint density at radius 2 is 2.10 bits per heavy atom. The molecule has 0 radical (unpaired) electrons. The lowest BCUT2D eigenvalue weighted by molar-refractivity contribution is -0.903. The van der Waals surface area contributed by atoms with Gasteiger partial charge in [-0.2, -0.15) is 0 Å². The summed E-state index contributed by atoms with van der Waals surface area (Å²) in [5, 5.41) is 0.788. The van der Waals surface area contributed by atoms with Gasteiger partial charge in [-0.25, -0.2) is 0 Å². The van der Waals surface area contributed by atoms with Gasteiger partial charge in [-0.05, 0) is 48.8 Å². The molecular weight excluding hydrogens is 396 g/mol. The molecule has 5 rings (SSSR count). The molecule has 0 amide bonds. The molecule has 1 aromatic carbocycles. The molecule has 1 aromatic rings. The van der Waals surface area contributed by atoms with Crippen molar-refractivity contribution in [2.45, 2.75) is 45.6 Å². The molecule has 1 saturated carbocycles. The maximum absolute atomic E-state index is 12.8. The number of piperazine rings is 1. The van der Waals surface area contributed by atoms with Crippen LogP contribution in [0.15, 0.2) is 35.9 Å². The normalized spacial score (nSPS) is 36.7. The maximum Gasteiger partial charge on any atom is 0.315 e. The molecule has 0 unspecified atom stereocenters. The van der Waals surface area contributed by atoms with Crippen LogP contribution in [-0.2, 0) is 9.53 Å². The second-order valence-corrected chi connectivity index (χ2v) is 10.7. The molecule has 4 aliphatic rings. The Kier molecular flexibility index (Phi) is 5.35. The van der Waals surface area contributed by atoms with Crippen molar-refractivity contribution in [2.75, 3.05) is 37.6 Å². The summed E-state index contributed by atoms with van der Waals surface area (Å²) in [6.45, 7) is 9.78. The van der Waals surface area contributed by atoms with Crippen molar-refractivity contribution in [1.29, 1.82) is 0 Å². The van der Waals surface area contributed by atoms with Crippen molar-refractivity contribution in [3.63, 3.8) is 0 Å². The van der Waals surface area contributed by atoms with Gasteiger partial charge in [0.1, 0.15) is 12.0 Å². The third-order valence-electron chi connectivity index (χ3n) is 8.23. The number of anilines is 1. The van der Waals surface area contributed by atoms with Gasteiger partial charge >= 0.3 is 5.97 Å². The fourth-order valence-electron chi connectivity index (χ4n) is 6.55. The number of carbonyl (C=O) groups is 1. The smallest absolute Gasteiger partial charge is 0.315 e. The van der Waals surface area contributed by atoms with Gasteiger partial charge in [0.15, 0.2) is 0 Å². The van der Waals surface area contributed by atoms with Crippen molar-refractivity contribution < 1.29 is 14.4 Å². The minimum Gasteiger partial charge on any atom is -0.461 e. The number of ether oxygens (including phenoxy) is 1. The van der Waals surface area contributed by atoms with E-state index in [1.165, 1.54) is 29.8 Å². The Morgan fingerprint density at radius 1 is 1.30 bits per heavy atom. The minimum atomic E-state index is 0.0221. The van der Waals surface area contributed by atoms with Crippen LogP contribution in [0.1, 0.15) is 39.5 Å². The summed E-state index contributed by atoms with van der Waals surface area (Å²) in [5.41, 5.74) is 3.05. The third-order valence-corrected chi connectivity index (χ3v) is 8.47. The fourth-order valence-corrected chi connectivity index (χ4v) is 6.74. The molecule has 5 heteroatoms. The molecule has 0 bridgehead atoms. The molecule has 3 fully saturated rings. The number of esters is 1. The van der Waals surface area contributed by atoms with Crippen LogP contribution in [0.2, 0.25) is 5.02 Å². The van der Waals surface area contributed by atoms with Crippen LogP contribution in [0.25, 0.3) is 0 Å². The average molecular weight is 430 g/mol. The monoisotopic (exact) mass is 429 g/mol. The van der Waals surface area contributed by atoms with Crippen LogP contribution in [0.3, 0.4) is 0 Å². The van der Waals surface area contributed by atoms with Gasteiger partial charge in [0.2, 0.25) is 0 Å². The summed E-state index contributed by atoms with van der Waals surface area (Å²) in [6, 6.07) is 8.11. The number of carbonyl (C=O) groups excluding carboxylic acids is 1. The third kappa shape index (κ3) is 3.67. The van der Waals surface area contributed by atoms with E-state index in [2.05, 4.69) is 30.9 Å². The molecule has 2 aliphatic carbocycles. The van der Waals surface area contributed by atoms with E-state index in [4.69, 9.17) is 16.3 Å². The van der Waals surface area contributed by atoms with E-state index in [1.54, 1.807) is 5.57 Å². The number of nitrogens with one attached hydrogen (secondary N) is 1. The van der Waals surface area contributed by atoms with Crippen LogP contribution in [0, 0.1) is 23.2 Å². The zero-order chi connectivity index (χ0) is 20.9. The molecule has 5 atom stereocenters. The van der Waals surface area contributed by atoms with Gasteiger partial charge in [-0.3, -0.25) is 4.79 Å².